The van der Waals surface area contributed by atoms with Crippen molar-refractivity contribution in [2.45, 2.75) is 34.6 Å². The molecule has 0 fully saturated rings. The van der Waals surface area contributed by atoms with Crippen molar-refractivity contribution in [3.05, 3.63) is 27.9 Å². The van der Waals surface area contributed by atoms with Gasteiger partial charge in [-0.05, 0) is 13.8 Å². The van der Waals surface area contributed by atoms with Crippen LogP contribution in [0.25, 0.3) is 0 Å². The summed E-state index contributed by atoms with van der Waals surface area (Å²) in [5.74, 6) is -0.418. The van der Waals surface area contributed by atoms with Crippen molar-refractivity contribution in [2.24, 2.45) is 5.41 Å². The fourth-order valence-electron chi connectivity index (χ4n) is 1.03. The molecule has 0 aliphatic heterocycles. The number of nitrogens with zero attached hydrogens (tertiary/aromatic N) is 1. The highest BCUT2D eigenvalue weighted by atomic mass is 32.1. The minimum atomic E-state index is -0.418. The summed E-state index contributed by atoms with van der Waals surface area (Å²) in [5.41, 5.74) is 3.79. The van der Waals surface area contributed by atoms with E-state index in [1.54, 1.807) is 6.92 Å². The highest BCUT2D eigenvalue weighted by Gasteiger charge is 2.19. The third kappa shape index (κ3) is 3.56. The van der Waals surface area contributed by atoms with E-state index in [1.807, 2.05) is 27.7 Å². The fourth-order valence-corrected chi connectivity index (χ4v) is 1.82. The Balaban J connectivity index is 2.63. The van der Waals surface area contributed by atoms with Crippen molar-refractivity contribution in [3.8, 4) is 0 Å². The first-order valence-electron chi connectivity index (χ1n) is 5.32. The lowest BCUT2D eigenvalue weighted by Crippen LogP contribution is -2.26. The molecule has 17 heavy (non-hydrogen) atoms. The smallest absolute Gasteiger partial charge is 0.337 e. The molecule has 0 aliphatic rings. The first kappa shape index (κ1) is 13.7. The molecular weight excluding hydrogens is 236 g/mol. The average Bonchev–Trinajstić information content (AvgIpc) is 2.52. The Kier molecular flexibility index (Phi) is 3.93. The van der Waals surface area contributed by atoms with E-state index in [-0.39, 0.29) is 5.41 Å². The fraction of sp³-hybridized carbons (Fsp3) is 0.500. The molecule has 0 saturated carbocycles. The second kappa shape index (κ2) is 4.87. The zero-order valence-electron chi connectivity index (χ0n) is 10.9. The number of allylic oxidation sites excluding steroid dienone is 1. The van der Waals surface area contributed by atoms with Crippen LogP contribution in [-0.2, 0) is 4.84 Å². The van der Waals surface area contributed by atoms with Crippen LogP contribution in [0, 0.1) is 19.3 Å². The van der Waals surface area contributed by atoms with Crippen molar-refractivity contribution in [1.29, 1.82) is 0 Å². The molecule has 1 rings (SSSR count). The van der Waals surface area contributed by atoms with E-state index in [2.05, 4.69) is 17.0 Å². The van der Waals surface area contributed by atoms with E-state index in [0.29, 0.717) is 16.3 Å². The van der Waals surface area contributed by atoms with Crippen LogP contribution in [0.5, 0.6) is 0 Å². The Morgan fingerprint density at radius 3 is 2.41 bits per heavy atom. The van der Waals surface area contributed by atoms with Crippen molar-refractivity contribution < 1.29 is 9.63 Å². The van der Waals surface area contributed by atoms with Crippen LogP contribution in [0.2, 0.25) is 0 Å². The van der Waals surface area contributed by atoms with Gasteiger partial charge in [-0.1, -0.05) is 27.4 Å². The predicted octanol–water partition coefficient (Wildman–Crippen LogP) is 2.98. The van der Waals surface area contributed by atoms with E-state index in [0.717, 1.165) is 5.01 Å². The van der Waals surface area contributed by atoms with Crippen LogP contribution in [0.15, 0.2) is 12.3 Å². The topological polar surface area (TPSA) is 51.2 Å². The third-order valence-corrected chi connectivity index (χ3v) is 3.31. The monoisotopic (exact) mass is 254 g/mol. The van der Waals surface area contributed by atoms with Gasteiger partial charge >= 0.3 is 5.97 Å². The van der Waals surface area contributed by atoms with Crippen LogP contribution in [-0.4, -0.2) is 11.0 Å². The van der Waals surface area contributed by atoms with Gasteiger partial charge in [-0.15, -0.1) is 11.3 Å². The highest BCUT2D eigenvalue weighted by molar-refractivity contribution is 7.13. The predicted molar refractivity (Wildman–Crippen MR) is 68.7 cm³/mol. The van der Waals surface area contributed by atoms with Crippen LogP contribution in [0.4, 0.5) is 0 Å². The molecule has 1 aromatic rings. The van der Waals surface area contributed by atoms with Gasteiger partial charge < -0.3 is 4.84 Å². The molecule has 1 N–H and O–H groups in total. The summed E-state index contributed by atoms with van der Waals surface area (Å²) in [4.78, 5) is 21.4. The maximum atomic E-state index is 11.8. The molecular formula is C12H18N2O2S. The summed E-state index contributed by atoms with van der Waals surface area (Å²) in [6, 6.07) is 0. The number of carbonyl (C=O) groups is 1. The lowest BCUT2D eigenvalue weighted by atomic mass is 9.94. The number of thiazole rings is 1. The van der Waals surface area contributed by atoms with E-state index in [1.165, 1.54) is 11.3 Å². The molecule has 0 atom stereocenters. The van der Waals surface area contributed by atoms with Crippen molar-refractivity contribution in [2.75, 3.05) is 0 Å². The summed E-state index contributed by atoms with van der Waals surface area (Å²) < 4.78 is 0. The molecule has 5 heteroatoms. The molecule has 0 unspecified atom stereocenters. The SMILES string of the molecule is C=C(NOC(=O)c1sc(C)nc1C)C(C)(C)C. The largest absolute Gasteiger partial charge is 0.374 e. The number of aromatic nitrogens is 1. The molecule has 1 heterocycles. The Morgan fingerprint density at radius 2 is 2.00 bits per heavy atom. The summed E-state index contributed by atoms with van der Waals surface area (Å²) in [5, 5.41) is 0.851. The highest BCUT2D eigenvalue weighted by Crippen LogP contribution is 2.22. The minimum Gasteiger partial charge on any atom is -0.337 e. The first-order chi connectivity index (χ1) is 7.71. The van der Waals surface area contributed by atoms with Gasteiger partial charge in [0, 0.05) is 11.1 Å². The summed E-state index contributed by atoms with van der Waals surface area (Å²) in [6.45, 7) is 13.4. The third-order valence-electron chi connectivity index (χ3n) is 2.26. The van der Waals surface area contributed by atoms with Crippen LogP contribution in [0.3, 0.4) is 0 Å². The molecule has 0 saturated heterocycles. The Morgan fingerprint density at radius 1 is 1.41 bits per heavy atom. The van der Waals surface area contributed by atoms with E-state index < -0.39 is 5.97 Å². The second-order valence-electron chi connectivity index (χ2n) is 4.87. The zero-order chi connectivity index (χ0) is 13.2. The van der Waals surface area contributed by atoms with E-state index in [4.69, 9.17) is 4.84 Å². The minimum absolute atomic E-state index is 0.154. The standard InChI is InChI=1S/C12H18N2O2S/c1-7-10(17-9(3)13-7)11(15)16-14-8(2)12(4,5)6/h14H,2H2,1,3-6H3. The molecule has 0 aromatic carbocycles. The summed E-state index contributed by atoms with van der Waals surface area (Å²) in [7, 11) is 0. The van der Waals surface area contributed by atoms with Gasteiger partial charge in [0.1, 0.15) is 4.88 Å². The van der Waals surface area contributed by atoms with Crippen molar-refractivity contribution >= 4 is 17.3 Å². The number of hydroxylamine groups is 1. The molecule has 94 valence electrons. The summed E-state index contributed by atoms with van der Waals surface area (Å²) >= 11 is 1.33. The number of nitrogens with one attached hydrogen (secondary N) is 1. The second-order valence-corrected chi connectivity index (χ2v) is 6.07. The Hall–Kier alpha value is -1.36. The van der Waals surface area contributed by atoms with Gasteiger partial charge in [-0.25, -0.2) is 15.3 Å². The van der Waals surface area contributed by atoms with Crippen molar-refractivity contribution in [1.82, 2.24) is 10.5 Å². The van der Waals surface area contributed by atoms with Gasteiger partial charge in [0.05, 0.1) is 10.7 Å². The Labute approximate surface area is 106 Å². The Bertz CT molecular complexity index is 444. The van der Waals surface area contributed by atoms with E-state index >= 15 is 0 Å². The first-order valence-corrected chi connectivity index (χ1v) is 6.14. The van der Waals surface area contributed by atoms with Crippen LogP contribution in [0.1, 0.15) is 41.1 Å². The number of rotatable bonds is 3. The molecule has 0 aliphatic carbocycles. The molecule has 4 nitrogen and oxygen atoms in total. The quantitative estimate of drug-likeness (QED) is 0.842. The van der Waals surface area contributed by atoms with Gasteiger partial charge in [-0.2, -0.15) is 0 Å². The average molecular weight is 254 g/mol. The van der Waals surface area contributed by atoms with Crippen molar-refractivity contribution in [3.63, 3.8) is 0 Å². The maximum absolute atomic E-state index is 11.8. The lowest BCUT2D eigenvalue weighted by Gasteiger charge is -2.21. The maximum Gasteiger partial charge on any atom is 0.374 e. The normalized spacial score (nSPS) is 11.1. The van der Waals surface area contributed by atoms with Gasteiger partial charge in [0.2, 0.25) is 0 Å². The van der Waals surface area contributed by atoms with Crippen LogP contribution < -0.4 is 5.48 Å². The molecule has 1 aromatic heterocycles. The molecule has 0 spiro atoms. The number of aryl methyl sites for hydroxylation is 2. The van der Waals surface area contributed by atoms with Crippen LogP contribution >= 0.6 is 11.3 Å². The van der Waals surface area contributed by atoms with Gasteiger partial charge in [0.25, 0.3) is 0 Å². The molecule has 0 radical (unpaired) electrons. The molecule has 0 amide bonds. The molecule has 0 bridgehead atoms. The number of hydrogen-bond donors (Lipinski definition) is 1. The number of carbonyl (C=O) groups excluding carboxylic acids is 1. The zero-order valence-corrected chi connectivity index (χ0v) is 11.7. The van der Waals surface area contributed by atoms with Gasteiger partial charge in [0.15, 0.2) is 0 Å². The van der Waals surface area contributed by atoms with E-state index in [9.17, 15) is 4.79 Å². The number of hydrogen-bond acceptors (Lipinski definition) is 5. The lowest BCUT2D eigenvalue weighted by molar-refractivity contribution is 0.0293. The van der Waals surface area contributed by atoms with Gasteiger partial charge in [-0.3, -0.25) is 0 Å². The summed E-state index contributed by atoms with van der Waals surface area (Å²) in [6.07, 6.45) is 0.